The maximum Gasteiger partial charge on any atom is 0.410 e. The Hall–Kier alpha value is -3.48. The number of fused-ring (bicyclic) bond motifs is 1. The Bertz CT molecular complexity index is 1510. The molecule has 1 aromatic carbocycles. The molecule has 2 atom stereocenters. The summed E-state index contributed by atoms with van der Waals surface area (Å²) in [5.41, 5.74) is 0.265. The van der Waals surface area contributed by atoms with Crippen molar-refractivity contribution in [1.29, 1.82) is 0 Å². The Balaban J connectivity index is 1.35. The van der Waals surface area contributed by atoms with Gasteiger partial charge in [-0.1, -0.05) is 16.8 Å². The first-order chi connectivity index (χ1) is 21.3. The number of hydrogen-bond acceptors (Lipinski definition) is 7. The fourth-order valence-corrected chi connectivity index (χ4v) is 7.17. The largest absolute Gasteiger partial charge is 0.487 e. The van der Waals surface area contributed by atoms with Crippen molar-refractivity contribution in [3.8, 4) is 5.75 Å². The third kappa shape index (κ3) is 6.19. The van der Waals surface area contributed by atoms with E-state index < -0.39 is 30.2 Å². The molecule has 1 aromatic heterocycles. The quantitative estimate of drug-likeness (QED) is 0.423. The number of alkyl halides is 2. The molecule has 4 aliphatic rings. The first-order valence-electron chi connectivity index (χ1n) is 15.5. The van der Waals surface area contributed by atoms with Gasteiger partial charge in [-0.05, 0) is 76.0 Å². The van der Waals surface area contributed by atoms with Crippen molar-refractivity contribution >= 4 is 29.5 Å². The second kappa shape index (κ2) is 11.7. The van der Waals surface area contributed by atoms with E-state index >= 15 is 0 Å². The van der Waals surface area contributed by atoms with Crippen LogP contribution in [-0.4, -0.2) is 85.4 Å². The number of amides is 3. The van der Waals surface area contributed by atoms with Gasteiger partial charge in [0.2, 0.25) is 11.8 Å². The average molecular weight is 649 g/mol. The van der Waals surface area contributed by atoms with Crippen molar-refractivity contribution in [2.24, 2.45) is 12.5 Å². The van der Waals surface area contributed by atoms with Crippen molar-refractivity contribution in [2.45, 2.75) is 90.0 Å². The number of benzene rings is 1. The van der Waals surface area contributed by atoms with E-state index in [0.29, 0.717) is 61.7 Å². The molecule has 3 amide bonds. The van der Waals surface area contributed by atoms with Gasteiger partial charge in [-0.3, -0.25) is 14.5 Å². The van der Waals surface area contributed by atoms with Gasteiger partial charge in [0.05, 0.1) is 6.04 Å². The number of carbonyl (C=O) groups excluding carboxylic acids is 3. The van der Waals surface area contributed by atoms with E-state index in [1.807, 2.05) is 0 Å². The van der Waals surface area contributed by atoms with Gasteiger partial charge in [0.1, 0.15) is 35.4 Å². The zero-order valence-electron chi connectivity index (χ0n) is 26.0. The molecule has 1 aliphatic carbocycles. The van der Waals surface area contributed by atoms with Crippen molar-refractivity contribution < 1.29 is 32.6 Å². The van der Waals surface area contributed by atoms with Gasteiger partial charge in [0, 0.05) is 50.2 Å². The molecule has 0 bridgehead atoms. The molecule has 3 aliphatic heterocycles. The highest BCUT2D eigenvalue weighted by Gasteiger charge is 2.57. The highest BCUT2D eigenvalue weighted by Crippen LogP contribution is 2.55. The molecule has 244 valence electrons. The third-order valence-electron chi connectivity index (χ3n) is 9.31. The van der Waals surface area contributed by atoms with Crippen molar-refractivity contribution in [3.63, 3.8) is 0 Å². The van der Waals surface area contributed by atoms with Crippen LogP contribution < -0.4 is 4.74 Å². The number of hydrogen-bond donors (Lipinski definition) is 0. The summed E-state index contributed by atoms with van der Waals surface area (Å²) < 4.78 is 40.3. The van der Waals surface area contributed by atoms with Crippen LogP contribution in [0.2, 0.25) is 5.02 Å². The minimum atomic E-state index is -2.79. The lowest BCUT2D eigenvalue weighted by Crippen LogP contribution is -2.53. The summed E-state index contributed by atoms with van der Waals surface area (Å²) in [6.07, 6.45) is 0.685. The number of aryl methyl sites for hydroxylation is 1. The predicted molar refractivity (Wildman–Crippen MR) is 159 cm³/mol. The first kappa shape index (κ1) is 31.5. The van der Waals surface area contributed by atoms with Gasteiger partial charge < -0.3 is 19.3 Å². The Morgan fingerprint density at radius 3 is 2.56 bits per heavy atom. The molecule has 14 heteroatoms. The summed E-state index contributed by atoms with van der Waals surface area (Å²) in [4.78, 5) is 45.8. The number of likely N-dealkylation sites (tertiary alicyclic amines) is 2. The van der Waals surface area contributed by atoms with Crippen LogP contribution in [-0.2, 0) is 34.4 Å². The zero-order valence-corrected chi connectivity index (χ0v) is 26.8. The molecule has 2 saturated heterocycles. The van der Waals surface area contributed by atoms with Gasteiger partial charge in [-0.15, -0.1) is 5.10 Å². The van der Waals surface area contributed by atoms with Crippen LogP contribution in [0.4, 0.5) is 13.6 Å². The lowest BCUT2D eigenvalue weighted by molar-refractivity contribution is -0.141. The molecule has 6 rings (SSSR count). The maximum absolute atomic E-state index is 14.6. The maximum atomic E-state index is 14.6. The first-order valence-corrected chi connectivity index (χ1v) is 15.8. The normalized spacial score (nSPS) is 22.4. The van der Waals surface area contributed by atoms with Crippen LogP contribution in [0.15, 0.2) is 12.1 Å². The number of nitrogens with zero attached hydrogens (tertiary/aromatic N) is 6. The molecular formula is C31H39ClF2N6O5. The summed E-state index contributed by atoms with van der Waals surface area (Å²) in [6, 6.07) is 2.00. The fourth-order valence-electron chi connectivity index (χ4n) is 6.91. The van der Waals surface area contributed by atoms with E-state index in [1.165, 1.54) is 7.05 Å². The molecular weight excluding hydrogens is 610 g/mol. The second-order valence-corrected chi connectivity index (χ2v) is 14.0. The van der Waals surface area contributed by atoms with Crippen LogP contribution >= 0.6 is 11.6 Å². The van der Waals surface area contributed by atoms with Crippen LogP contribution in [0.5, 0.6) is 5.75 Å². The smallest absolute Gasteiger partial charge is 0.410 e. The van der Waals surface area contributed by atoms with Gasteiger partial charge in [-0.2, -0.15) is 0 Å². The van der Waals surface area contributed by atoms with Gasteiger partial charge in [-0.25, -0.2) is 18.3 Å². The number of rotatable bonds is 7. The molecule has 3 fully saturated rings. The van der Waals surface area contributed by atoms with E-state index in [4.69, 9.17) is 21.1 Å². The minimum Gasteiger partial charge on any atom is -0.487 e. The van der Waals surface area contributed by atoms with Crippen LogP contribution in [0.3, 0.4) is 0 Å². The SMILES string of the molecule is Cn1nnc(COc2ccc(Cl)c3c2C(CN2CCCC2=O)N(C(=O)[C@@H]2CC4(CC4)CN2C(=O)OC(C)(C)C)CC3)c1C(F)F. The summed E-state index contributed by atoms with van der Waals surface area (Å²) in [5.74, 6) is 0.142. The van der Waals surface area contributed by atoms with Gasteiger partial charge in [0.25, 0.3) is 6.43 Å². The summed E-state index contributed by atoms with van der Waals surface area (Å²) in [6.45, 7) is 6.67. The topological polar surface area (TPSA) is 110 Å². The monoisotopic (exact) mass is 648 g/mol. The molecule has 0 radical (unpaired) electrons. The Kier molecular flexibility index (Phi) is 8.20. The van der Waals surface area contributed by atoms with Crippen molar-refractivity contribution in [2.75, 3.05) is 26.2 Å². The molecule has 0 N–H and O–H groups in total. The van der Waals surface area contributed by atoms with E-state index in [1.54, 1.807) is 47.6 Å². The Labute approximate surface area is 265 Å². The average Bonchev–Trinajstić information content (AvgIpc) is 3.23. The van der Waals surface area contributed by atoms with Crippen molar-refractivity contribution in [1.82, 2.24) is 29.7 Å². The van der Waals surface area contributed by atoms with Crippen LogP contribution in [0.1, 0.15) is 87.9 Å². The van der Waals surface area contributed by atoms with Crippen molar-refractivity contribution in [3.05, 3.63) is 39.7 Å². The molecule has 45 heavy (non-hydrogen) atoms. The lowest BCUT2D eigenvalue weighted by atomic mass is 9.90. The lowest BCUT2D eigenvalue weighted by Gasteiger charge is -2.42. The molecule has 4 heterocycles. The Morgan fingerprint density at radius 2 is 1.91 bits per heavy atom. The summed E-state index contributed by atoms with van der Waals surface area (Å²) >= 11 is 6.70. The standard InChI is InChI=1S/C31H39ClF2N6O5/c1-30(2,3)45-29(43)40-17-31(10-11-31)14-21(40)28(42)39-13-9-18-19(32)7-8-23(25(18)22(39)15-38-12-5-6-24(38)41)44-16-20-26(27(33)34)37(4)36-35-20/h7-8,21-22,27H,5-6,9-17H2,1-4H3/t21-,22?/m0/s1. The van der Waals surface area contributed by atoms with Gasteiger partial charge in [0.15, 0.2) is 0 Å². The molecule has 1 unspecified atom stereocenters. The van der Waals surface area contributed by atoms with Gasteiger partial charge >= 0.3 is 6.09 Å². The number of halogens is 3. The van der Waals surface area contributed by atoms with Crippen LogP contribution in [0, 0.1) is 5.41 Å². The van der Waals surface area contributed by atoms with E-state index in [2.05, 4.69) is 10.3 Å². The second-order valence-electron chi connectivity index (χ2n) is 13.6. The molecule has 1 saturated carbocycles. The molecule has 11 nitrogen and oxygen atoms in total. The van der Waals surface area contributed by atoms with E-state index in [-0.39, 0.29) is 41.8 Å². The fraction of sp³-hybridized carbons (Fsp3) is 0.645. The Morgan fingerprint density at radius 1 is 1.16 bits per heavy atom. The number of aromatic nitrogens is 3. The van der Waals surface area contributed by atoms with E-state index in [0.717, 1.165) is 23.1 Å². The summed E-state index contributed by atoms with van der Waals surface area (Å²) in [7, 11) is 1.39. The highest BCUT2D eigenvalue weighted by molar-refractivity contribution is 6.31. The highest BCUT2D eigenvalue weighted by atomic mass is 35.5. The van der Waals surface area contributed by atoms with Crippen LogP contribution in [0.25, 0.3) is 0 Å². The zero-order chi connectivity index (χ0) is 32.3. The predicted octanol–water partition coefficient (Wildman–Crippen LogP) is 4.82. The minimum absolute atomic E-state index is 0.0000906. The third-order valence-corrected chi connectivity index (χ3v) is 9.67. The van der Waals surface area contributed by atoms with E-state index in [9.17, 15) is 23.2 Å². The number of ether oxygens (including phenoxy) is 2. The summed E-state index contributed by atoms with van der Waals surface area (Å²) in [5, 5.41) is 8.09. The molecule has 1 spiro atoms. The number of carbonyl (C=O) groups is 3. The molecule has 2 aromatic rings.